The van der Waals surface area contributed by atoms with E-state index in [1.807, 2.05) is 6.07 Å². The van der Waals surface area contributed by atoms with E-state index in [-0.39, 0.29) is 0 Å². The first-order valence-electron chi connectivity index (χ1n) is 7.76. The number of hydrogen-bond donors (Lipinski definition) is 0. The van der Waals surface area contributed by atoms with Gasteiger partial charge in [0.2, 0.25) is 0 Å². The van der Waals surface area contributed by atoms with Crippen molar-refractivity contribution >= 4 is 31.9 Å². The van der Waals surface area contributed by atoms with Crippen LogP contribution in [0.4, 0.5) is 0 Å². The Bertz CT molecular complexity index is 431. The summed E-state index contributed by atoms with van der Waals surface area (Å²) in [7, 11) is 1.68. The Kier molecular flexibility index (Phi) is 7.55. The van der Waals surface area contributed by atoms with Crippen molar-refractivity contribution in [2.45, 2.75) is 43.4 Å². The second kappa shape index (κ2) is 9.16. The van der Waals surface area contributed by atoms with Gasteiger partial charge in [-0.05, 0) is 46.0 Å². The van der Waals surface area contributed by atoms with Crippen LogP contribution in [-0.4, -0.2) is 20.3 Å². The summed E-state index contributed by atoms with van der Waals surface area (Å²) < 4.78 is 11.7. The lowest BCUT2D eigenvalue weighted by Gasteiger charge is -2.24. The Morgan fingerprint density at radius 2 is 1.95 bits per heavy atom. The van der Waals surface area contributed by atoms with Gasteiger partial charge in [0.05, 0.1) is 11.1 Å². The van der Waals surface area contributed by atoms with Crippen LogP contribution in [0.25, 0.3) is 0 Å². The lowest BCUT2D eigenvalue weighted by atomic mass is 9.85. The van der Waals surface area contributed by atoms with Gasteiger partial charge in [-0.15, -0.1) is 0 Å². The van der Waals surface area contributed by atoms with Crippen molar-refractivity contribution in [2.24, 2.45) is 5.92 Å². The molecule has 1 aromatic carbocycles. The number of hydrogen-bond acceptors (Lipinski definition) is 2. The fourth-order valence-corrected chi connectivity index (χ4v) is 4.24. The van der Waals surface area contributed by atoms with Gasteiger partial charge in [-0.2, -0.15) is 0 Å². The van der Waals surface area contributed by atoms with Gasteiger partial charge in [-0.1, -0.05) is 54.1 Å². The van der Waals surface area contributed by atoms with Gasteiger partial charge in [-0.25, -0.2) is 0 Å². The molecule has 0 aromatic heterocycles. The molecule has 21 heavy (non-hydrogen) atoms. The Balaban J connectivity index is 1.91. The molecule has 0 N–H and O–H groups in total. The summed E-state index contributed by atoms with van der Waals surface area (Å²) in [5, 5.41) is 0. The van der Waals surface area contributed by atoms with E-state index in [0.29, 0.717) is 18.0 Å². The SMILES string of the molecule is COCCOc1ccc(C(Br)CC2CCCCC2)cc1Br. The predicted molar refractivity (Wildman–Crippen MR) is 94.4 cm³/mol. The Labute approximate surface area is 144 Å². The van der Waals surface area contributed by atoms with E-state index in [1.165, 1.54) is 44.1 Å². The third-order valence-electron chi connectivity index (χ3n) is 4.13. The third-order valence-corrected chi connectivity index (χ3v) is 5.65. The lowest BCUT2D eigenvalue weighted by Crippen LogP contribution is -2.09. The fraction of sp³-hybridized carbons (Fsp3) is 0.647. The molecule has 0 radical (unpaired) electrons. The van der Waals surface area contributed by atoms with E-state index in [1.54, 1.807) is 7.11 Å². The number of benzene rings is 1. The average Bonchev–Trinajstić information content (AvgIpc) is 2.50. The van der Waals surface area contributed by atoms with Gasteiger partial charge in [-0.3, -0.25) is 0 Å². The van der Waals surface area contributed by atoms with Crippen LogP contribution in [0, 0.1) is 5.92 Å². The van der Waals surface area contributed by atoms with Gasteiger partial charge in [0, 0.05) is 11.9 Å². The van der Waals surface area contributed by atoms with Crippen molar-refractivity contribution in [3.63, 3.8) is 0 Å². The molecule has 1 atom stereocenters. The van der Waals surface area contributed by atoms with Crippen LogP contribution in [0.1, 0.15) is 48.9 Å². The van der Waals surface area contributed by atoms with Crippen molar-refractivity contribution in [3.8, 4) is 5.75 Å². The molecule has 1 aromatic rings. The normalized spacial score (nSPS) is 17.7. The van der Waals surface area contributed by atoms with Gasteiger partial charge < -0.3 is 9.47 Å². The molecule has 0 amide bonds. The van der Waals surface area contributed by atoms with Crippen LogP contribution in [0.3, 0.4) is 0 Å². The Morgan fingerprint density at radius 3 is 2.62 bits per heavy atom. The fourth-order valence-electron chi connectivity index (χ4n) is 2.92. The van der Waals surface area contributed by atoms with Crippen molar-refractivity contribution in [1.82, 2.24) is 0 Å². The maximum atomic E-state index is 5.67. The summed E-state index contributed by atoms with van der Waals surface area (Å²) in [5.74, 6) is 1.76. The Hall–Kier alpha value is -0.0600. The van der Waals surface area contributed by atoms with E-state index < -0.39 is 0 Å². The zero-order valence-corrected chi connectivity index (χ0v) is 15.8. The quantitative estimate of drug-likeness (QED) is 0.405. The molecule has 1 saturated carbocycles. The molecular weight excluding hydrogens is 396 g/mol. The molecular formula is C17H24Br2O2. The summed E-state index contributed by atoms with van der Waals surface area (Å²) >= 11 is 7.47. The molecule has 0 bridgehead atoms. The first-order valence-corrected chi connectivity index (χ1v) is 9.47. The number of halogens is 2. The number of rotatable bonds is 7. The molecule has 2 nitrogen and oxygen atoms in total. The molecule has 0 aliphatic heterocycles. The summed E-state index contributed by atoms with van der Waals surface area (Å²) in [5.41, 5.74) is 1.33. The standard InChI is InChI=1S/C17H24Br2O2/c1-20-9-10-21-17-8-7-14(12-16(17)19)15(18)11-13-5-3-2-4-6-13/h7-8,12-13,15H,2-6,9-11H2,1H3. The highest BCUT2D eigenvalue weighted by Gasteiger charge is 2.19. The molecule has 0 heterocycles. The summed E-state index contributed by atoms with van der Waals surface area (Å²) in [6.07, 6.45) is 8.24. The average molecular weight is 420 g/mol. The monoisotopic (exact) mass is 418 g/mol. The zero-order valence-electron chi connectivity index (χ0n) is 12.6. The van der Waals surface area contributed by atoms with E-state index in [9.17, 15) is 0 Å². The van der Waals surface area contributed by atoms with Crippen molar-refractivity contribution in [3.05, 3.63) is 28.2 Å². The third kappa shape index (κ3) is 5.57. The molecule has 1 aliphatic rings. The summed E-state index contributed by atoms with van der Waals surface area (Å²) in [4.78, 5) is 0.435. The number of alkyl halides is 1. The molecule has 1 aliphatic carbocycles. The van der Waals surface area contributed by atoms with Crippen LogP contribution in [0.5, 0.6) is 5.75 Å². The minimum atomic E-state index is 0.435. The molecule has 118 valence electrons. The van der Waals surface area contributed by atoms with Gasteiger partial charge in [0.25, 0.3) is 0 Å². The van der Waals surface area contributed by atoms with Crippen LogP contribution in [-0.2, 0) is 4.74 Å². The van der Waals surface area contributed by atoms with Gasteiger partial charge in [0.15, 0.2) is 0 Å². The molecule has 0 spiro atoms. The van der Waals surface area contributed by atoms with Crippen molar-refractivity contribution in [2.75, 3.05) is 20.3 Å². The molecule has 1 unspecified atom stereocenters. The largest absolute Gasteiger partial charge is 0.490 e. The topological polar surface area (TPSA) is 18.5 Å². The van der Waals surface area contributed by atoms with E-state index >= 15 is 0 Å². The van der Waals surface area contributed by atoms with Crippen LogP contribution < -0.4 is 4.74 Å². The van der Waals surface area contributed by atoms with E-state index in [0.717, 1.165) is 16.1 Å². The highest BCUT2D eigenvalue weighted by molar-refractivity contribution is 9.10. The lowest BCUT2D eigenvalue weighted by molar-refractivity contribution is 0.146. The first-order chi connectivity index (χ1) is 10.2. The van der Waals surface area contributed by atoms with Crippen molar-refractivity contribution in [1.29, 1.82) is 0 Å². The first kappa shape index (κ1) is 17.3. The number of ether oxygens (including phenoxy) is 2. The maximum Gasteiger partial charge on any atom is 0.133 e. The molecule has 0 saturated heterocycles. The molecule has 4 heteroatoms. The van der Waals surface area contributed by atoms with Gasteiger partial charge in [0.1, 0.15) is 12.4 Å². The highest BCUT2D eigenvalue weighted by Crippen LogP contribution is 2.38. The van der Waals surface area contributed by atoms with Crippen LogP contribution in [0.15, 0.2) is 22.7 Å². The molecule has 2 rings (SSSR count). The Morgan fingerprint density at radius 1 is 1.19 bits per heavy atom. The molecule has 1 fully saturated rings. The second-order valence-electron chi connectivity index (χ2n) is 5.74. The second-order valence-corrected chi connectivity index (χ2v) is 7.70. The van der Waals surface area contributed by atoms with Crippen molar-refractivity contribution < 1.29 is 9.47 Å². The number of methoxy groups -OCH3 is 1. The van der Waals surface area contributed by atoms with E-state index in [4.69, 9.17) is 9.47 Å². The predicted octanol–water partition coefficient (Wildman–Crippen LogP) is 5.88. The highest BCUT2D eigenvalue weighted by atomic mass is 79.9. The minimum absolute atomic E-state index is 0.435. The summed E-state index contributed by atoms with van der Waals surface area (Å²) in [6.45, 7) is 1.19. The van der Waals surface area contributed by atoms with Gasteiger partial charge >= 0.3 is 0 Å². The maximum absolute atomic E-state index is 5.67. The smallest absolute Gasteiger partial charge is 0.133 e. The zero-order chi connectivity index (χ0) is 15.1. The van der Waals surface area contributed by atoms with Crippen LogP contribution in [0.2, 0.25) is 0 Å². The minimum Gasteiger partial charge on any atom is -0.490 e. The summed E-state index contributed by atoms with van der Waals surface area (Å²) in [6, 6.07) is 6.38. The van der Waals surface area contributed by atoms with E-state index in [2.05, 4.69) is 44.0 Å². The van der Waals surface area contributed by atoms with Crippen LogP contribution >= 0.6 is 31.9 Å².